The lowest BCUT2D eigenvalue weighted by atomic mass is 9.84. The molecule has 2 atom stereocenters. The average molecular weight is 367 g/mol. The van der Waals surface area contributed by atoms with Crippen LogP contribution in [0.1, 0.15) is 68.1 Å². The first-order valence-electron chi connectivity index (χ1n) is 10.6. The highest BCUT2D eigenvalue weighted by atomic mass is 16.5. The molecule has 1 aromatic heterocycles. The van der Waals surface area contributed by atoms with Gasteiger partial charge in [0.15, 0.2) is 5.82 Å². The van der Waals surface area contributed by atoms with Crippen molar-refractivity contribution < 1.29 is 4.52 Å². The van der Waals surface area contributed by atoms with Crippen LogP contribution in [-0.2, 0) is 11.8 Å². The van der Waals surface area contributed by atoms with Crippen molar-refractivity contribution in [3.8, 4) is 0 Å². The van der Waals surface area contributed by atoms with Crippen molar-refractivity contribution in [2.24, 2.45) is 11.7 Å². The number of nitrogens with one attached hydrogen (secondary N) is 1. The van der Waals surface area contributed by atoms with Gasteiger partial charge in [-0.2, -0.15) is 4.98 Å². The third kappa shape index (κ3) is 3.81. The highest BCUT2D eigenvalue weighted by Gasteiger charge is 2.50. The predicted molar refractivity (Wildman–Crippen MR) is 104 cm³/mol. The minimum Gasteiger partial charge on any atom is -0.339 e. The van der Waals surface area contributed by atoms with Crippen molar-refractivity contribution in [2.45, 2.75) is 74.8 Å². The van der Waals surface area contributed by atoms with E-state index in [1.807, 2.05) is 0 Å². The molecule has 3 N–H and O–H groups in total. The quantitative estimate of drug-likeness (QED) is 0.786. The first-order valence-corrected chi connectivity index (χ1v) is 10.6. The van der Waals surface area contributed by atoms with Gasteiger partial charge in [-0.15, -0.1) is 0 Å². The fourth-order valence-corrected chi connectivity index (χ4v) is 4.64. The summed E-state index contributed by atoms with van der Waals surface area (Å²) in [6.07, 6.45) is 9.12. The summed E-state index contributed by atoms with van der Waals surface area (Å²) >= 11 is 0. The van der Waals surface area contributed by atoms with E-state index in [0.717, 1.165) is 37.5 Å². The number of nitrogens with two attached hydrogens (primary N) is 1. The monoisotopic (exact) mass is 366 g/mol. The van der Waals surface area contributed by atoms with Crippen LogP contribution in [0.25, 0.3) is 0 Å². The Bertz CT molecular complexity index is 762. The van der Waals surface area contributed by atoms with E-state index < -0.39 is 0 Å². The molecule has 0 saturated heterocycles. The van der Waals surface area contributed by atoms with E-state index in [1.165, 1.54) is 37.7 Å². The maximum Gasteiger partial charge on any atom is 0.226 e. The molecule has 2 aromatic rings. The van der Waals surface area contributed by atoms with Gasteiger partial charge in [0, 0.05) is 36.4 Å². The summed E-state index contributed by atoms with van der Waals surface area (Å²) in [5, 5.41) is 8.12. The fraction of sp³-hybridized carbons (Fsp3) is 0.636. The Labute approximate surface area is 161 Å². The summed E-state index contributed by atoms with van der Waals surface area (Å²) in [6.45, 7) is 0.970. The lowest BCUT2D eigenvalue weighted by Gasteiger charge is -2.24. The van der Waals surface area contributed by atoms with Crippen molar-refractivity contribution in [3.63, 3.8) is 0 Å². The molecule has 5 rings (SSSR count). The number of hydrogen-bond donors (Lipinski definition) is 2. The van der Waals surface area contributed by atoms with Crippen LogP contribution in [0.4, 0.5) is 0 Å². The van der Waals surface area contributed by atoms with E-state index in [0.29, 0.717) is 23.9 Å². The predicted octanol–water partition coefficient (Wildman–Crippen LogP) is 3.31. The van der Waals surface area contributed by atoms with Crippen molar-refractivity contribution in [2.75, 3.05) is 6.54 Å². The molecular weight excluding hydrogens is 336 g/mol. The fourth-order valence-electron chi connectivity index (χ4n) is 4.64. The first kappa shape index (κ1) is 17.4. The van der Waals surface area contributed by atoms with Crippen molar-refractivity contribution in [1.29, 1.82) is 0 Å². The van der Waals surface area contributed by atoms with Gasteiger partial charge >= 0.3 is 0 Å². The highest BCUT2D eigenvalue weighted by molar-refractivity contribution is 5.28. The summed E-state index contributed by atoms with van der Waals surface area (Å²) in [4.78, 5) is 4.78. The topological polar surface area (TPSA) is 77.0 Å². The van der Waals surface area contributed by atoms with Gasteiger partial charge < -0.3 is 15.6 Å². The molecule has 0 aliphatic heterocycles. The second kappa shape index (κ2) is 7.02. The maximum absolute atomic E-state index is 6.01. The Morgan fingerprint density at radius 1 is 1.11 bits per heavy atom. The van der Waals surface area contributed by atoms with Crippen LogP contribution in [0.3, 0.4) is 0 Å². The van der Waals surface area contributed by atoms with Crippen LogP contribution in [0, 0.1) is 5.92 Å². The summed E-state index contributed by atoms with van der Waals surface area (Å²) in [6, 6.07) is 11.8. The van der Waals surface area contributed by atoms with E-state index in [-0.39, 0.29) is 5.41 Å². The van der Waals surface area contributed by atoms with Crippen LogP contribution in [0.2, 0.25) is 0 Å². The lowest BCUT2D eigenvalue weighted by Crippen LogP contribution is -2.30. The molecule has 0 bridgehead atoms. The lowest BCUT2D eigenvalue weighted by molar-refractivity contribution is 0.287. The molecule has 0 radical (unpaired) electrons. The standard InChI is InChI=1S/C22H30N4O/c23-17-8-6-15(7-9-17)12-20-25-21(26-27-20)22(10-11-22)14-24-19-13-18(19)16-4-2-1-3-5-16/h1-5,15,17-19,24H,6-14,23H2/t15?,17?,18-,19+/m0/s1. The second-order valence-corrected chi connectivity index (χ2v) is 9.02. The van der Waals surface area contributed by atoms with Crippen molar-refractivity contribution in [3.05, 3.63) is 47.6 Å². The van der Waals surface area contributed by atoms with Gasteiger partial charge in [-0.25, -0.2) is 0 Å². The molecule has 1 heterocycles. The van der Waals surface area contributed by atoms with Crippen LogP contribution in [-0.4, -0.2) is 28.8 Å². The molecule has 144 valence electrons. The molecule has 1 aromatic carbocycles. The molecule has 5 nitrogen and oxygen atoms in total. The van der Waals surface area contributed by atoms with Gasteiger partial charge in [0.25, 0.3) is 0 Å². The average Bonchev–Trinajstić information content (AvgIpc) is 3.61. The van der Waals surface area contributed by atoms with Gasteiger partial charge in [0.2, 0.25) is 5.89 Å². The normalized spacial score (nSPS) is 31.6. The molecular formula is C22H30N4O. The zero-order valence-electron chi connectivity index (χ0n) is 15.9. The summed E-state index contributed by atoms with van der Waals surface area (Å²) in [5.74, 6) is 3.07. The molecule has 3 saturated carbocycles. The van der Waals surface area contributed by atoms with Crippen molar-refractivity contribution >= 4 is 0 Å². The van der Waals surface area contributed by atoms with Crippen LogP contribution in [0.15, 0.2) is 34.9 Å². The van der Waals surface area contributed by atoms with Crippen LogP contribution in [0.5, 0.6) is 0 Å². The Hall–Kier alpha value is -1.72. The molecule has 0 spiro atoms. The minimum atomic E-state index is 0.112. The molecule has 3 fully saturated rings. The molecule has 3 aliphatic rings. The largest absolute Gasteiger partial charge is 0.339 e. The molecule has 27 heavy (non-hydrogen) atoms. The van der Waals surface area contributed by atoms with E-state index in [4.69, 9.17) is 15.2 Å². The number of aromatic nitrogens is 2. The Morgan fingerprint density at radius 2 is 1.89 bits per heavy atom. The molecule has 0 amide bonds. The van der Waals surface area contributed by atoms with Gasteiger partial charge in [0.05, 0.1) is 0 Å². The number of hydrogen-bond acceptors (Lipinski definition) is 5. The van der Waals surface area contributed by atoms with E-state index in [9.17, 15) is 0 Å². The zero-order chi connectivity index (χ0) is 18.3. The smallest absolute Gasteiger partial charge is 0.226 e. The van der Waals surface area contributed by atoms with Crippen LogP contribution >= 0.6 is 0 Å². The summed E-state index contributed by atoms with van der Waals surface area (Å²) in [5.41, 5.74) is 7.58. The summed E-state index contributed by atoms with van der Waals surface area (Å²) in [7, 11) is 0. The molecule has 0 unspecified atom stereocenters. The zero-order valence-corrected chi connectivity index (χ0v) is 15.9. The second-order valence-electron chi connectivity index (χ2n) is 9.02. The number of benzene rings is 1. The third-order valence-corrected chi connectivity index (χ3v) is 6.87. The van der Waals surface area contributed by atoms with Gasteiger partial charge in [0.1, 0.15) is 0 Å². The maximum atomic E-state index is 6.01. The van der Waals surface area contributed by atoms with E-state index >= 15 is 0 Å². The number of rotatable bonds is 7. The van der Waals surface area contributed by atoms with Crippen LogP contribution < -0.4 is 11.1 Å². The van der Waals surface area contributed by atoms with Gasteiger partial charge in [-0.1, -0.05) is 35.5 Å². The molecule has 3 aliphatic carbocycles. The highest BCUT2D eigenvalue weighted by Crippen LogP contribution is 2.48. The Balaban J connectivity index is 1.14. The third-order valence-electron chi connectivity index (χ3n) is 6.87. The van der Waals surface area contributed by atoms with E-state index in [1.54, 1.807) is 0 Å². The van der Waals surface area contributed by atoms with Gasteiger partial charge in [-0.3, -0.25) is 0 Å². The first-order chi connectivity index (χ1) is 13.2. The minimum absolute atomic E-state index is 0.112. The van der Waals surface area contributed by atoms with Crippen molar-refractivity contribution in [1.82, 2.24) is 15.5 Å². The van der Waals surface area contributed by atoms with Gasteiger partial charge in [-0.05, 0) is 56.4 Å². The Kier molecular flexibility index (Phi) is 4.52. The molecule has 5 heteroatoms. The summed E-state index contributed by atoms with van der Waals surface area (Å²) < 4.78 is 5.61. The number of nitrogens with zero attached hydrogens (tertiary/aromatic N) is 2. The van der Waals surface area contributed by atoms with E-state index in [2.05, 4.69) is 40.8 Å². The Morgan fingerprint density at radius 3 is 2.63 bits per heavy atom. The SMILES string of the molecule is NC1CCC(Cc2nc(C3(CN[C@@H]4C[C@H]4c4ccccc4)CC3)no2)CC1.